The number of ether oxygens (including phenoxy) is 1. The van der Waals surface area contributed by atoms with Gasteiger partial charge in [0, 0.05) is 6.54 Å². The van der Waals surface area contributed by atoms with Gasteiger partial charge in [0.2, 0.25) is 0 Å². The van der Waals surface area contributed by atoms with Crippen LogP contribution in [-0.2, 0) is 16.0 Å². The number of carbonyl (C=O) groups excluding carboxylic acids is 1. The number of esters is 1. The highest BCUT2D eigenvalue weighted by molar-refractivity contribution is 6.42. The minimum atomic E-state index is -0.473. The van der Waals surface area contributed by atoms with Crippen molar-refractivity contribution < 1.29 is 9.53 Å². The zero-order chi connectivity index (χ0) is 18.4. The number of carbonyl (C=O) groups is 1. The molecule has 0 aromatic heterocycles. The van der Waals surface area contributed by atoms with E-state index in [0.29, 0.717) is 23.0 Å². The van der Waals surface area contributed by atoms with Crippen molar-refractivity contribution in [3.05, 3.63) is 53.1 Å². The van der Waals surface area contributed by atoms with Crippen LogP contribution in [0.1, 0.15) is 38.2 Å². The lowest BCUT2D eigenvalue weighted by Crippen LogP contribution is -2.47. The van der Waals surface area contributed by atoms with Crippen LogP contribution in [0.2, 0.25) is 10.0 Å². The third-order valence-corrected chi connectivity index (χ3v) is 5.68. The highest BCUT2D eigenvalue weighted by Crippen LogP contribution is 2.30. The molecule has 1 fully saturated rings. The van der Waals surface area contributed by atoms with E-state index in [1.807, 2.05) is 32.2 Å². The molecule has 1 aromatic rings. The minimum Gasteiger partial charge on any atom is -0.456 e. The normalized spacial score (nSPS) is 17.5. The van der Waals surface area contributed by atoms with Gasteiger partial charge in [-0.3, -0.25) is 9.69 Å². The summed E-state index contributed by atoms with van der Waals surface area (Å²) in [6, 6.07) is 5.59. The van der Waals surface area contributed by atoms with E-state index >= 15 is 0 Å². The van der Waals surface area contributed by atoms with Gasteiger partial charge in [-0.1, -0.05) is 48.2 Å². The van der Waals surface area contributed by atoms with Gasteiger partial charge in [0.05, 0.1) is 21.5 Å². The fourth-order valence-electron chi connectivity index (χ4n) is 3.17. The first-order valence-electron chi connectivity index (χ1n) is 8.66. The number of benzene rings is 1. The number of rotatable bonds is 8. The van der Waals surface area contributed by atoms with Crippen molar-refractivity contribution in [3.8, 4) is 0 Å². The van der Waals surface area contributed by atoms with Crippen molar-refractivity contribution in [1.82, 2.24) is 4.90 Å². The maximum atomic E-state index is 12.3. The molecule has 1 saturated carbocycles. The molecule has 0 aliphatic heterocycles. The summed E-state index contributed by atoms with van der Waals surface area (Å²) in [5, 5.41) is 1.05. The Bertz CT molecular complexity index is 614. The molecule has 25 heavy (non-hydrogen) atoms. The predicted octanol–water partition coefficient (Wildman–Crippen LogP) is 5.31. The van der Waals surface area contributed by atoms with Crippen molar-refractivity contribution in [2.75, 3.05) is 13.6 Å². The van der Waals surface area contributed by atoms with Crippen molar-refractivity contribution >= 4 is 29.2 Å². The SMILES string of the molecule is C=CCN(C)[C@](C)([CH]OC(=O)C1CCCC1)Cc1ccc(Cl)c(Cl)c1. The van der Waals surface area contributed by atoms with Crippen LogP contribution in [0.15, 0.2) is 30.9 Å². The van der Waals surface area contributed by atoms with Crippen LogP contribution in [0.4, 0.5) is 0 Å². The van der Waals surface area contributed by atoms with E-state index in [4.69, 9.17) is 27.9 Å². The van der Waals surface area contributed by atoms with Gasteiger partial charge in [-0.05, 0) is 50.9 Å². The summed E-state index contributed by atoms with van der Waals surface area (Å²) >= 11 is 12.1. The van der Waals surface area contributed by atoms with E-state index in [9.17, 15) is 4.79 Å². The fourth-order valence-corrected chi connectivity index (χ4v) is 3.50. The maximum absolute atomic E-state index is 12.3. The van der Waals surface area contributed by atoms with Crippen LogP contribution in [0, 0.1) is 12.5 Å². The Hall–Kier alpha value is -1.03. The molecule has 0 N–H and O–H groups in total. The second kappa shape index (κ2) is 9.07. The Labute approximate surface area is 160 Å². The molecule has 0 unspecified atom stereocenters. The molecule has 137 valence electrons. The standard InChI is InChI=1S/C20H26Cl2NO2/c1-4-11-23(3)20(2,13-15-9-10-17(21)18(22)12-15)14-25-19(24)16-7-5-6-8-16/h4,9-10,12,14,16H,1,5-8,11,13H2,2-3H3/t20-/m0/s1. The van der Waals surface area contributed by atoms with Gasteiger partial charge in [-0.25, -0.2) is 0 Å². The molecule has 3 nitrogen and oxygen atoms in total. The first-order valence-corrected chi connectivity index (χ1v) is 9.42. The first-order chi connectivity index (χ1) is 11.9. The van der Waals surface area contributed by atoms with E-state index in [2.05, 4.69) is 11.5 Å². The molecule has 1 aliphatic rings. The predicted molar refractivity (Wildman–Crippen MR) is 104 cm³/mol. The second-order valence-corrected chi connectivity index (χ2v) is 7.80. The summed E-state index contributed by atoms with van der Waals surface area (Å²) in [5.41, 5.74) is 0.556. The second-order valence-electron chi connectivity index (χ2n) is 6.99. The average Bonchev–Trinajstić information content (AvgIpc) is 3.11. The lowest BCUT2D eigenvalue weighted by molar-refractivity contribution is -0.147. The van der Waals surface area contributed by atoms with Gasteiger partial charge in [0.15, 0.2) is 6.61 Å². The summed E-state index contributed by atoms with van der Waals surface area (Å²) in [6.45, 7) is 8.19. The minimum absolute atomic E-state index is 0.0372. The van der Waals surface area contributed by atoms with Crippen LogP contribution in [0.25, 0.3) is 0 Å². The monoisotopic (exact) mass is 382 g/mol. The van der Waals surface area contributed by atoms with Crippen LogP contribution in [0.3, 0.4) is 0 Å². The average molecular weight is 383 g/mol. The molecule has 0 heterocycles. The molecule has 2 rings (SSSR count). The lowest BCUT2D eigenvalue weighted by atomic mass is 9.91. The largest absolute Gasteiger partial charge is 0.456 e. The van der Waals surface area contributed by atoms with E-state index in [0.717, 1.165) is 31.2 Å². The Morgan fingerprint density at radius 1 is 1.36 bits per heavy atom. The van der Waals surface area contributed by atoms with Crippen molar-refractivity contribution in [1.29, 1.82) is 0 Å². The molecular formula is C20H26Cl2NO2. The van der Waals surface area contributed by atoms with Gasteiger partial charge >= 0.3 is 5.97 Å². The van der Waals surface area contributed by atoms with Gasteiger partial charge in [0.25, 0.3) is 0 Å². The third kappa shape index (κ3) is 5.47. The Balaban J connectivity index is 2.10. The summed E-state index contributed by atoms with van der Waals surface area (Å²) in [7, 11) is 1.99. The van der Waals surface area contributed by atoms with Gasteiger partial charge in [-0.2, -0.15) is 0 Å². The summed E-state index contributed by atoms with van der Waals surface area (Å²) < 4.78 is 5.59. The van der Waals surface area contributed by atoms with E-state index < -0.39 is 5.54 Å². The Morgan fingerprint density at radius 2 is 2.04 bits per heavy atom. The van der Waals surface area contributed by atoms with Gasteiger partial charge < -0.3 is 4.74 Å². The van der Waals surface area contributed by atoms with Crippen molar-refractivity contribution in [3.63, 3.8) is 0 Å². The summed E-state index contributed by atoms with van der Waals surface area (Å²) in [4.78, 5) is 14.4. The molecule has 0 amide bonds. The number of hydrogen-bond donors (Lipinski definition) is 0. The highest BCUT2D eigenvalue weighted by atomic mass is 35.5. The van der Waals surface area contributed by atoms with E-state index in [1.165, 1.54) is 0 Å². The molecular weight excluding hydrogens is 357 g/mol. The molecule has 1 aliphatic carbocycles. The zero-order valence-corrected chi connectivity index (χ0v) is 16.4. The molecule has 0 bridgehead atoms. The topological polar surface area (TPSA) is 29.5 Å². The van der Waals surface area contributed by atoms with E-state index in [-0.39, 0.29) is 11.9 Å². The number of halogens is 2. The Kier molecular flexibility index (Phi) is 7.36. The third-order valence-electron chi connectivity index (χ3n) is 4.94. The molecule has 1 aromatic carbocycles. The van der Waals surface area contributed by atoms with Crippen molar-refractivity contribution in [2.45, 2.75) is 44.6 Å². The number of hydrogen-bond acceptors (Lipinski definition) is 3. The fraction of sp³-hybridized carbons (Fsp3) is 0.500. The maximum Gasteiger partial charge on any atom is 0.309 e. The highest BCUT2D eigenvalue weighted by Gasteiger charge is 2.33. The quantitative estimate of drug-likeness (QED) is 0.450. The number of likely N-dealkylation sites (N-methyl/N-ethyl adjacent to an activating group) is 1. The van der Waals surface area contributed by atoms with Crippen molar-refractivity contribution in [2.24, 2.45) is 5.92 Å². The smallest absolute Gasteiger partial charge is 0.309 e. The van der Waals surface area contributed by atoms with Gasteiger partial charge in [-0.15, -0.1) is 6.58 Å². The first kappa shape index (κ1) is 20.3. The Morgan fingerprint density at radius 3 is 2.64 bits per heavy atom. The molecule has 5 heteroatoms. The van der Waals surface area contributed by atoms with Crippen LogP contribution >= 0.6 is 23.2 Å². The molecule has 0 spiro atoms. The molecule has 1 radical (unpaired) electrons. The summed E-state index contributed by atoms with van der Waals surface area (Å²) in [6.07, 6.45) is 6.55. The number of nitrogens with zero attached hydrogens (tertiary/aromatic N) is 1. The molecule has 0 saturated heterocycles. The van der Waals surface area contributed by atoms with Gasteiger partial charge in [0.1, 0.15) is 0 Å². The van der Waals surface area contributed by atoms with Crippen LogP contribution in [0.5, 0.6) is 0 Å². The van der Waals surface area contributed by atoms with Crippen LogP contribution < -0.4 is 0 Å². The molecule has 1 atom stereocenters. The zero-order valence-electron chi connectivity index (χ0n) is 14.9. The van der Waals surface area contributed by atoms with Crippen LogP contribution in [-0.4, -0.2) is 30.0 Å². The summed E-state index contributed by atoms with van der Waals surface area (Å²) in [5.74, 6) is -0.0833. The van der Waals surface area contributed by atoms with E-state index in [1.54, 1.807) is 12.7 Å². The lowest BCUT2D eigenvalue weighted by Gasteiger charge is -2.37.